The molecule has 3 aromatic carbocycles. The second-order valence-corrected chi connectivity index (χ2v) is 11.7. The summed E-state index contributed by atoms with van der Waals surface area (Å²) >= 11 is 12.9. The molecular formula is C25H22ClN3O4S3. The minimum atomic E-state index is -3.68. The number of nitrogens with zero attached hydrogens (tertiary/aromatic N) is 1. The quantitative estimate of drug-likeness (QED) is 0.290. The molecule has 0 aliphatic heterocycles. The number of thiocarbonyl (C=S) groups is 1. The van der Waals surface area contributed by atoms with Gasteiger partial charge in [-0.2, -0.15) is 4.31 Å². The maximum Gasteiger partial charge on any atom is 0.269 e. The average Bonchev–Trinajstić information content (AvgIpc) is 3.20. The summed E-state index contributed by atoms with van der Waals surface area (Å²) in [5.74, 6) is 0.223. The van der Waals surface area contributed by atoms with Crippen molar-refractivity contribution in [3.63, 3.8) is 0 Å². The normalized spacial score (nSPS) is 11.4. The maximum absolute atomic E-state index is 12.9. The van der Waals surface area contributed by atoms with E-state index in [-0.39, 0.29) is 16.6 Å². The number of hydrogen-bond acceptors (Lipinski definition) is 6. The zero-order valence-corrected chi connectivity index (χ0v) is 22.5. The number of nitrogens with one attached hydrogen (secondary N) is 2. The third-order valence-electron chi connectivity index (χ3n) is 5.34. The van der Waals surface area contributed by atoms with Gasteiger partial charge in [0.2, 0.25) is 10.0 Å². The van der Waals surface area contributed by atoms with Crippen LogP contribution < -0.4 is 15.4 Å². The van der Waals surface area contributed by atoms with Crippen molar-refractivity contribution in [1.82, 2.24) is 9.62 Å². The smallest absolute Gasteiger partial charge is 0.269 e. The van der Waals surface area contributed by atoms with Crippen LogP contribution in [0.15, 0.2) is 77.7 Å². The molecule has 1 amide bonds. The number of anilines is 1. The van der Waals surface area contributed by atoms with E-state index in [1.165, 1.54) is 34.8 Å². The van der Waals surface area contributed by atoms with Gasteiger partial charge in [-0.05, 0) is 60.2 Å². The van der Waals surface area contributed by atoms with E-state index in [1.54, 1.807) is 31.4 Å². The van der Waals surface area contributed by atoms with Crippen molar-refractivity contribution >= 4 is 72.0 Å². The number of fused-ring (bicyclic) bond motifs is 1. The molecule has 1 aromatic heterocycles. The van der Waals surface area contributed by atoms with Crippen molar-refractivity contribution in [2.24, 2.45) is 0 Å². The van der Waals surface area contributed by atoms with E-state index < -0.39 is 15.9 Å². The van der Waals surface area contributed by atoms with Gasteiger partial charge in [-0.15, -0.1) is 11.3 Å². The lowest BCUT2D eigenvalue weighted by atomic mass is 10.2. The minimum absolute atomic E-state index is 0.0582. The van der Waals surface area contributed by atoms with E-state index in [4.69, 9.17) is 28.6 Å². The molecule has 0 unspecified atom stereocenters. The second kappa shape index (κ2) is 10.9. The lowest BCUT2D eigenvalue weighted by Gasteiger charge is -2.17. The number of carbonyl (C=O) groups excluding carboxylic acids is 1. The largest absolute Gasteiger partial charge is 0.497 e. The SMILES string of the molecule is COc1ccc2c(Cl)c(C(=O)NC(=S)Nc3ccc(S(=O)(=O)N(C)Cc4ccccc4)cc3)sc2c1. The third kappa shape index (κ3) is 5.69. The van der Waals surface area contributed by atoms with E-state index in [9.17, 15) is 13.2 Å². The Bertz CT molecular complexity index is 1520. The van der Waals surface area contributed by atoms with E-state index in [1.807, 2.05) is 36.4 Å². The van der Waals surface area contributed by atoms with Crippen LogP contribution in [0.2, 0.25) is 5.02 Å². The molecule has 186 valence electrons. The summed E-state index contributed by atoms with van der Waals surface area (Å²) < 4.78 is 33.2. The fraction of sp³-hybridized carbons (Fsp3) is 0.120. The fourth-order valence-electron chi connectivity index (χ4n) is 3.46. The van der Waals surface area contributed by atoms with E-state index in [2.05, 4.69) is 10.6 Å². The number of amides is 1. The number of ether oxygens (including phenoxy) is 1. The molecular weight excluding hydrogens is 538 g/mol. The Morgan fingerprint density at radius 1 is 1.08 bits per heavy atom. The van der Waals surface area contributed by atoms with Gasteiger partial charge < -0.3 is 10.1 Å². The van der Waals surface area contributed by atoms with Crippen LogP contribution in [-0.4, -0.2) is 37.9 Å². The van der Waals surface area contributed by atoms with Crippen LogP contribution in [0, 0.1) is 0 Å². The zero-order valence-electron chi connectivity index (χ0n) is 19.3. The van der Waals surface area contributed by atoms with Crippen molar-refractivity contribution in [2.75, 3.05) is 19.5 Å². The molecule has 2 N–H and O–H groups in total. The monoisotopic (exact) mass is 559 g/mol. The molecule has 36 heavy (non-hydrogen) atoms. The summed E-state index contributed by atoms with van der Waals surface area (Å²) in [6.07, 6.45) is 0. The van der Waals surface area contributed by atoms with Crippen LogP contribution in [0.5, 0.6) is 5.75 Å². The Hall–Kier alpha value is -3.02. The lowest BCUT2D eigenvalue weighted by Crippen LogP contribution is -2.33. The van der Waals surface area contributed by atoms with Crippen LogP contribution in [0.4, 0.5) is 5.69 Å². The molecule has 0 saturated carbocycles. The van der Waals surface area contributed by atoms with Crippen LogP contribution in [0.3, 0.4) is 0 Å². The van der Waals surface area contributed by atoms with Gasteiger partial charge >= 0.3 is 0 Å². The lowest BCUT2D eigenvalue weighted by molar-refractivity contribution is 0.0982. The van der Waals surface area contributed by atoms with Gasteiger partial charge in [-0.1, -0.05) is 41.9 Å². The Morgan fingerprint density at radius 2 is 1.78 bits per heavy atom. The predicted molar refractivity (Wildman–Crippen MR) is 149 cm³/mol. The summed E-state index contributed by atoms with van der Waals surface area (Å²) in [4.78, 5) is 13.2. The summed E-state index contributed by atoms with van der Waals surface area (Å²) in [5, 5.41) is 6.66. The maximum atomic E-state index is 12.9. The number of sulfonamides is 1. The fourth-order valence-corrected chi connectivity index (χ4v) is 6.27. The van der Waals surface area contributed by atoms with Crippen LogP contribution in [0.1, 0.15) is 15.2 Å². The van der Waals surface area contributed by atoms with Gasteiger partial charge in [-0.25, -0.2) is 8.42 Å². The van der Waals surface area contributed by atoms with Crippen molar-refractivity contribution in [2.45, 2.75) is 11.4 Å². The average molecular weight is 560 g/mol. The summed E-state index contributed by atoms with van der Waals surface area (Å²) in [5.41, 5.74) is 1.41. The molecule has 4 aromatic rings. The molecule has 0 bridgehead atoms. The summed E-state index contributed by atoms with van der Waals surface area (Å²) in [7, 11) is -0.575. The van der Waals surface area contributed by atoms with Crippen LogP contribution in [0.25, 0.3) is 10.1 Å². The second-order valence-electron chi connectivity index (χ2n) is 7.79. The van der Waals surface area contributed by atoms with Gasteiger partial charge in [0, 0.05) is 29.4 Å². The predicted octanol–water partition coefficient (Wildman–Crippen LogP) is 5.51. The van der Waals surface area contributed by atoms with Gasteiger partial charge in [0.1, 0.15) is 10.6 Å². The molecule has 0 atom stereocenters. The van der Waals surface area contributed by atoms with E-state index >= 15 is 0 Å². The highest BCUT2D eigenvalue weighted by Gasteiger charge is 2.21. The Morgan fingerprint density at radius 3 is 2.44 bits per heavy atom. The van der Waals surface area contributed by atoms with E-state index in [0.717, 1.165) is 15.6 Å². The number of rotatable bonds is 7. The molecule has 0 radical (unpaired) electrons. The topological polar surface area (TPSA) is 87.7 Å². The van der Waals surface area contributed by atoms with Crippen molar-refractivity contribution in [1.29, 1.82) is 0 Å². The van der Waals surface area contributed by atoms with Gasteiger partial charge in [0.05, 0.1) is 17.0 Å². The highest BCUT2D eigenvalue weighted by Crippen LogP contribution is 2.37. The minimum Gasteiger partial charge on any atom is -0.497 e. The molecule has 11 heteroatoms. The zero-order chi connectivity index (χ0) is 25.9. The number of hydrogen-bond donors (Lipinski definition) is 2. The first-order valence-electron chi connectivity index (χ1n) is 10.7. The molecule has 0 aliphatic carbocycles. The van der Waals surface area contributed by atoms with Crippen molar-refractivity contribution < 1.29 is 17.9 Å². The molecule has 1 heterocycles. The number of halogens is 1. The standard InChI is InChI=1S/C25H22ClN3O4S3/c1-29(15-16-6-4-3-5-7-16)36(31,32)19-11-8-17(9-12-19)27-25(34)28-24(30)23-22(26)20-13-10-18(33-2)14-21(20)35-23/h3-14H,15H2,1-2H3,(H2,27,28,30,34). The molecule has 0 aliphatic rings. The Labute approximate surface area is 223 Å². The van der Waals surface area contributed by atoms with Crippen LogP contribution in [-0.2, 0) is 16.6 Å². The molecule has 4 rings (SSSR count). The summed E-state index contributed by atoms with van der Waals surface area (Å²) in [6, 6.07) is 20.9. The highest BCUT2D eigenvalue weighted by molar-refractivity contribution is 7.89. The Kier molecular flexibility index (Phi) is 7.91. The van der Waals surface area contributed by atoms with Crippen molar-refractivity contribution in [3.8, 4) is 5.75 Å². The first-order chi connectivity index (χ1) is 17.2. The van der Waals surface area contributed by atoms with Crippen LogP contribution >= 0.6 is 35.2 Å². The third-order valence-corrected chi connectivity index (χ3v) is 9.02. The molecule has 7 nitrogen and oxygen atoms in total. The van der Waals surface area contributed by atoms with Gasteiger partial charge in [0.15, 0.2) is 5.11 Å². The first kappa shape index (κ1) is 26.1. The number of benzene rings is 3. The number of carbonyl (C=O) groups is 1. The highest BCUT2D eigenvalue weighted by atomic mass is 35.5. The molecule has 0 fully saturated rings. The van der Waals surface area contributed by atoms with Gasteiger partial charge in [0.25, 0.3) is 5.91 Å². The Balaban J connectivity index is 1.40. The van der Waals surface area contributed by atoms with E-state index in [0.29, 0.717) is 21.3 Å². The summed E-state index contributed by atoms with van der Waals surface area (Å²) in [6.45, 7) is 0.256. The number of methoxy groups -OCH3 is 1. The molecule has 0 spiro atoms. The van der Waals surface area contributed by atoms with Crippen molar-refractivity contribution in [3.05, 3.63) is 88.3 Å². The first-order valence-corrected chi connectivity index (χ1v) is 13.7. The van der Waals surface area contributed by atoms with Gasteiger partial charge in [-0.3, -0.25) is 10.1 Å². The molecule has 0 saturated heterocycles. The number of thiophene rings is 1.